The molecular weight excluding hydrogens is 484 g/mol. The number of benzene rings is 2. The third-order valence-corrected chi connectivity index (χ3v) is 4.05. The van der Waals surface area contributed by atoms with Gasteiger partial charge in [0.25, 0.3) is 0 Å². The van der Waals surface area contributed by atoms with Crippen molar-refractivity contribution < 1.29 is 9.13 Å². The van der Waals surface area contributed by atoms with E-state index in [2.05, 4.69) is 26.8 Å². The molecule has 154 valence electrons. The Morgan fingerprint density at radius 2 is 2.00 bits per heavy atom. The quantitative estimate of drug-likeness (QED) is 0.289. The fraction of sp³-hybridized carbons (Fsp3) is 0.238. The molecule has 8 heteroatoms. The molecule has 1 aromatic heterocycles. The van der Waals surface area contributed by atoms with Crippen molar-refractivity contribution in [1.82, 2.24) is 20.4 Å². The summed E-state index contributed by atoms with van der Waals surface area (Å²) in [4.78, 5) is 4.23. The Morgan fingerprint density at radius 1 is 1.17 bits per heavy atom. The van der Waals surface area contributed by atoms with Crippen LogP contribution < -0.4 is 15.4 Å². The number of hydrogen-bond donors (Lipinski definition) is 2. The number of guanidine groups is 1. The van der Waals surface area contributed by atoms with E-state index in [1.807, 2.05) is 42.1 Å². The van der Waals surface area contributed by atoms with Crippen LogP contribution in [0.1, 0.15) is 12.5 Å². The van der Waals surface area contributed by atoms with E-state index >= 15 is 0 Å². The van der Waals surface area contributed by atoms with Gasteiger partial charge in [0.1, 0.15) is 17.7 Å². The highest BCUT2D eigenvalue weighted by Crippen LogP contribution is 2.13. The summed E-state index contributed by atoms with van der Waals surface area (Å²) in [6, 6.07) is 16.1. The minimum atomic E-state index is -0.313. The van der Waals surface area contributed by atoms with Crippen LogP contribution in [0.3, 0.4) is 0 Å². The molecule has 0 saturated carbocycles. The lowest BCUT2D eigenvalue weighted by Gasteiger charge is -2.18. The fourth-order valence-corrected chi connectivity index (χ4v) is 2.69. The molecule has 29 heavy (non-hydrogen) atoms. The molecule has 0 radical (unpaired) electrons. The van der Waals surface area contributed by atoms with Crippen molar-refractivity contribution in [2.45, 2.75) is 19.6 Å². The Morgan fingerprint density at radius 3 is 2.72 bits per heavy atom. The average molecular weight is 509 g/mol. The molecule has 1 atom stereocenters. The van der Waals surface area contributed by atoms with Crippen LogP contribution in [0, 0.1) is 5.82 Å². The van der Waals surface area contributed by atoms with Crippen LogP contribution in [0.5, 0.6) is 5.75 Å². The summed E-state index contributed by atoms with van der Waals surface area (Å²) in [6.45, 7) is 3.07. The zero-order valence-electron chi connectivity index (χ0n) is 16.4. The molecule has 0 aliphatic heterocycles. The summed E-state index contributed by atoms with van der Waals surface area (Å²) in [6.07, 6.45) is 3.51. The monoisotopic (exact) mass is 509 g/mol. The third kappa shape index (κ3) is 7.04. The van der Waals surface area contributed by atoms with Crippen molar-refractivity contribution in [3.8, 4) is 11.4 Å². The number of aliphatic imine (C=N–C) groups is 1. The van der Waals surface area contributed by atoms with Gasteiger partial charge in [0.2, 0.25) is 0 Å². The molecular formula is C21H25FIN5O. The topological polar surface area (TPSA) is 63.5 Å². The number of nitrogens with one attached hydrogen (secondary N) is 2. The molecule has 0 saturated heterocycles. The van der Waals surface area contributed by atoms with E-state index in [1.165, 1.54) is 12.1 Å². The summed E-state index contributed by atoms with van der Waals surface area (Å²) in [5.41, 5.74) is 2.12. The first-order valence-electron chi connectivity index (χ1n) is 9.10. The van der Waals surface area contributed by atoms with E-state index in [9.17, 15) is 4.39 Å². The van der Waals surface area contributed by atoms with Gasteiger partial charge in [-0.05, 0) is 42.8 Å². The van der Waals surface area contributed by atoms with Crippen LogP contribution in [-0.2, 0) is 6.54 Å². The normalized spacial score (nSPS) is 12.0. The molecule has 0 aliphatic carbocycles. The van der Waals surface area contributed by atoms with Crippen LogP contribution in [-0.4, -0.2) is 35.4 Å². The van der Waals surface area contributed by atoms with Gasteiger partial charge in [-0.3, -0.25) is 4.99 Å². The van der Waals surface area contributed by atoms with E-state index in [4.69, 9.17) is 4.74 Å². The van der Waals surface area contributed by atoms with Gasteiger partial charge in [0, 0.05) is 32.1 Å². The van der Waals surface area contributed by atoms with Gasteiger partial charge in [0.05, 0.1) is 12.2 Å². The average Bonchev–Trinajstić information content (AvgIpc) is 3.23. The lowest BCUT2D eigenvalue weighted by atomic mass is 10.2. The number of rotatable bonds is 7. The molecule has 6 nitrogen and oxygen atoms in total. The molecule has 2 N–H and O–H groups in total. The van der Waals surface area contributed by atoms with Crippen molar-refractivity contribution in [3.05, 3.63) is 78.4 Å². The Bertz CT molecular complexity index is 917. The first-order valence-corrected chi connectivity index (χ1v) is 9.10. The first kappa shape index (κ1) is 22.7. The Labute approximate surface area is 187 Å². The Kier molecular flexibility index (Phi) is 8.91. The predicted molar refractivity (Wildman–Crippen MR) is 124 cm³/mol. The molecule has 0 fully saturated rings. The Balaban J connectivity index is 0.00000300. The molecule has 3 rings (SSSR count). The van der Waals surface area contributed by atoms with Gasteiger partial charge in [-0.1, -0.05) is 18.2 Å². The van der Waals surface area contributed by atoms with E-state index in [-0.39, 0.29) is 35.9 Å². The van der Waals surface area contributed by atoms with Crippen LogP contribution in [0.15, 0.2) is 72.0 Å². The van der Waals surface area contributed by atoms with Crippen molar-refractivity contribution in [2.75, 3.05) is 13.6 Å². The predicted octanol–water partition coefficient (Wildman–Crippen LogP) is 3.76. The summed E-state index contributed by atoms with van der Waals surface area (Å²) in [7, 11) is 1.72. The maximum Gasteiger partial charge on any atom is 0.191 e. The fourth-order valence-electron chi connectivity index (χ4n) is 2.69. The van der Waals surface area contributed by atoms with Crippen molar-refractivity contribution >= 4 is 29.9 Å². The SMILES string of the molecule is CN=C(NCc1cccc(-n2cccn2)c1)NCC(C)Oc1cccc(F)c1.I. The Hall–Kier alpha value is -2.62. The molecule has 2 aromatic carbocycles. The number of halogens is 2. The zero-order chi connectivity index (χ0) is 19.8. The van der Waals surface area contributed by atoms with Gasteiger partial charge in [0.15, 0.2) is 5.96 Å². The second kappa shape index (κ2) is 11.4. The number of nitrogens with zero attached hydrogens (tertiary/aromatic N) is 3. The highest BCUT2D eigenvalue weighted by molar-refractivity contribution is 14.0. The summed E-state index contributed by atoms with van der Waals surface area (Å²) < 4.78 is 20.8. The number of ether oxygens (including phenoxy) is 1. The second-order valence-electron chi connectivity index (χ2n) is 6.31. The highest BCUT2D eigenvalue weighted by Gasteiger charge is 2.07. The minimum absolute atomic E-state index is 0. The highest BCUT2D eigenvalue weighted by atomic mass is 127. The molecule has 0 bridgehead atoms. The van der Waals surface area contributed by atoms with Gasteiger partial charge in [-0.15, -0.1) is 24.0 Å². The minimum Gasteiger partial charge on any atom is -0.489 e. The first-order chi connectivity index (χ1) is 13.6. The van der Waals surface area contributed by atoms with Gasteiger partial charge >= 0.3 is 0 Å². The summed E-state index contributed by atoms with van der Waals surface area (Å²) >= 11 is 0. The second-order valence-corrected chi connectivity index (χ2v) is 6.31. The zero-order valence-corrected chi connectivity index (χ0v) is 18.7. The molecule has 1 unspecified atom stereocenters. The van der Waals surface area contributed by atoms with Crippen LogP contribution in [0.4, 0.5) is 4.39 Å². The third-order valence-electron chi connectivity index (χ3n) is 4.05. The van der Waals surface area contributed by atoms with Crippen LogP contribution >= 0.6 is 24.0 Å². The van der Waals surface area contributed by atoms with E-state index in [1.54, 1.807) is 25.4 Å². The summed E-state index contributed by atoms with van der Waals surface area (Å²) in [5.74, 6) is 0.861. The maximum atomic E-state index is 13.2. The molecule has 0 spiro atoms. The molecule has 1 heterocycles. The standard InChI is InChI=1S/C21H24FN5O.HI/c1-16(28-20-9-4-7-18(22)13-20)14-24-21(23-2)25-15-17-6-3-8-19(12-17)27-11-5-10-26-27;/h3-13,16H,14-15H2,1-2H3,(H2,23,24,25);1H. The molecule has 0 amide bonds. The van der Waals surface area contributed by atoms with E-state index < -0.39 is 0 Å². The van der Waals surface area contributed by atoms with Crippen molar-refractivity contribution in [2.24, 2.45) is 4.99 Å². The lowest BCUT2D eigenvalue weighted by molar-refractivity contribution is 0.223. The maximum absolute atomic E-state index is 13.2. The van der Waals surface area contributed by atoms with Gasteiger partial charge in [-0.2, -0.15) is 5.10 Å². The number of hydrogen-bond acceptors (Lipinski definition) is 3. The number of aromatic nitrogens is 2. The summed E-state index contributed by atoms with van der Waals surface area (Å²) in [5, 5.41) is 10.7. The van der Waals surface area contributed by atoms with E-state index in [0.717, 1.165) is 11.3 Å². The molecule has 0 aliphatic rings. The van der Waals surface area contributed by atoms with Crippen molar-refractivity contribution in [1.29, 1.82) is 0 Å². The van der Waals surface area contributed by atoms with Crippen LogP contribution in [0.25, 0.3) is 5.69 Å². The van der Waals surface area contributed by atoms with Gasteiger partial charge in [-0.25, -0.2) is 9.07 Å². The molecule has 3 aromatic rings. The van der Waals surface area contributed by atoms with Crippen molar-refractivity contribution in [3.63, 3.8) is 0 Å². The van der Waals surface area contributed by atoms with E-state index in [0.29, 0.717) is 24.8 Å². The smallest absolute Gasteiger partial charge is 0.191 e. The van der Waals surface area contributed by atoms with Crippen LogP contribution in [0.2, 0.25) is 0 Å². The lowest BCUT2D eigenvalue weighted by Crippen LogP contribution is -2.41. The largest absolute Gasteiger partial charge is 0.489 e. The van der Waals surface area contributed by atoms with Gasteiger partial charge < -0.3 is 15.4 Å².